The van der Waals surface area contributed by atoms with Crippen LogP contribution in [0.3, 0.4) is 0 Å². The monoisotopic (exact) mass is 242 g/mol. The summed E-state index contributed by atoms with van der Waals surface area (Å²) in [6, 6.07) is 0. The van der Waals surface area contributed by atoms with E-state index in [2.05, 4.69) is 38.3 Å². The van der Waals surface area contributed by atoms with Crippen molar-refractivity contribution in [2.75, 3.05) is 13.1 Å². The first-order valence-corrected chi connectivity index (χ1v) is 7.74. The van der Waals surface area contributed by atoms with Gasteiger partial charge in [-0.1, -0.05) is 53.4 Å². The van der Waals surface area contributed by atoms with Gasteiger partial charge in [0.15, 0.2) is 0 Å². The molecule has 2 heteroatoms. The number of hydrogen-bond acceptors (Lipinski definition) is 2. The number of unbranched alkanes of at least 4 members (excludes halogenated alkanes) is 3. The molecule has 0 unspecified atom stereocenters. The van der Waals surface area contributed by atoms with Gasteiger partial charge in [-0.05, 0) is 38.8 Å². The van der Waals surface area contributed by atoms with E-state index in [0.29, 0.717) is 0 Å². The Balaban J connectivity index is 4.17. The molecule has 0 aliphatic heterocycles. The Bertz CT molecular complexity index is 147. The Kier molecular flexibility index (Phi) is 11.0. The van der Waals surface area contributed by atoms with Crippen LogP contribution in [0, 0.1) is 0 Å². The molecule has 0 aromatic carbocycles. The molecule has 0 atom stereocenters. The van der Waals surface area contributed by atoms with Crippen LogP contribution in [-0.2, 0) is 0 Å². The standard InChI is InChI=1S/C15H34N2/c1-5-9-12-15(8-4,16-13-10-6-2)17-14-11-7-3/h16-17H,5-14H2,1-4H3. The van der Waals surface area contributed by atoms with Crippen LogP contribution in [0.1, 0.15) is 79.1 Å². The molecule has 17 heavy (non-hydrogen) atoms. The number of hydrogen-bond donors (Lipinski definition) is 2. The van der Waals surface area contributed by atoms with Crippen LogP contribution >= 0.6 is 0 Å². The lowest BCUT2D eigenvalue weighted by molar-refractivity contribution is 0.221. The minimum absolute atomic E-state index is 0.195. The molecule has 0 aromatic rings. The summed E-state index contributed by atoms with van der Waals surface area (Å²) in [7, 11) is 0. The summed E-state index contributed by atoms with van der Waals surface area (Å²) in [6.07, 6.45) is 10.1. The molecule has 0 saturated carbocycles. The fourth-order valence-electron chi connectivity index (χ4n) is 2.15. The highest BCUT2D eigenvalue weighted by Crippen LogP contribution is 2.16. The summed E-state index contributed by atoms with van der Waals surface area (Å²) in [5.74, 6) is 0. The van der Waals surface area contributed by atoms with E-state index in [-0.39, 0.29) is 5.66 Å². The van der Waals surface area contributed by atoms with Crippen LogP contribution in [0.5, 0.6) is 0 Å². The average Bonchev–Trinajstić information content (AvgIpc) is 2.36. The molecule has 2 nitrogen and oxygen atoms in total. The van der Waals surface area contributed by atoms with Crippen molar-refractivity contribution in [3.8, 4) is 0 Å². The van der Waals surface area contributed by atoms with Gasteiger partial charge in [-0.25, -0.2) is 0 Å². The zero-order valence-corrected chi connectivity index (χ0v) is 12.6. The maximum absolute atomic E-state index is 3.77. The first-order chi connectivity index (χ1) is 8.24. The Hall–Kier alpha value is -0.0800. The molecular formula is C15H34N2. The fourth-order valence-corrected chi connectivity index (χ4v) is 2.15. The van der Waals surface area contributed by atoms with Gasteiger partial charge in [0, 0.05) is 0 Å². The van der Waals surface area contributed by atoms with E-state index < -0.39 is 0 Å². The maximum Gasteiger partial charge on any atom is 0.0684 e. The normalized spacial score (nSPS) is 12.0. The molecule has 2 N–H and O–H groups in total. The second-order valence-electron chi connectivity index (χ2n) is 5.10. The Morgan fingerprint density at radius 1 is 0.706 bits per heavy atom. The number of rotatable bonds is 12. The van der Waals surface area contributed by atoms with Crippen molar-refractivity contribution in [2.24, 2.45) is 0 Å². The second kappa shape index (κ2) is 11.0. The van der Waals surface area contributed by atoms with Crippen molar-refractivity contribution in [1.29, 1.82) is 0 Å². The lowest BCUT2D eigenvalue weighted by Gasteiger charge is -2.36. The second-order valence-corrected chi connectivity index (χ2v) is 5.10. The molecule has 0 aliphatic carbocycles. The smallest absolute Gasteiger partial charge is 0.0684 e. The first-order valence-electron chi connectivity index (χ1n) is 7.74. The van der Waals surface area contributed by atoms with Gasteiger partial charge in [0.2, 0.25) is 0 Å². The molecule has 0 bridgehead atoms. The Morgan fingerprint density at radius 2 is 1.18 bits per heavy atom. The summed E-state index contributed by atoms with van der Waals surface area (Å²) in [4.78, 5) is 0. The maximum atomic E-state index is 3.77. The van der Waals surface area contributed by atoms with Crippen LogP contribution < -0.4 is 10.6 Å². The van der Waals surface area contributed by atoms with E-state index in [1.165, 1.54) is 51.4 Å². The van der Waals surface area contributed by atoms with Gasteiger partial charge in [-0.2, -0.15) is 0 Å². The molecule has 0 fully saturated rings. The van der Waals surface area contributed by atoms with E-state index in [0.717, 1.165) is 13.1 Å². The van der Waals surface area contributed by atoms with Crippen LogP contribution in [-0.4, -0.2) is 18.8 Å². The topological polar surface area (TPSA) is 24.1 Å². The van der Waals surface area contributed by atoms with Gasteiger partial charge in [-0.15, -0.1) is 0 Å². The Morgan fingerprint density at radius 3 is 1.53 bits per heavy atom. The third kappa shape index (κ3) is 7.77. The van der Waals surface area contributed by atoms with E-state index in [1.807, 2.05) is 0 Å². The van der Waals surface area contributed by atoms with Crippen molar-refractivity contribution >= 4 is 0 Å². The highest BCUT2D eigenvalue weighted by atomic mass is 15.2. The van der Waals surface area contributed by atoms with Gasteiger partial charge in [-0.3, -0.25) is 10.6 Å². The van der Waals surface area contributed by atoms with Crippen molar-refractivity contribution in [3.63, 3.8) is 0 Å². The van der Waals surface area contributed by atoms with Crippen molar-refractivity contribution < 1.29 is 0 Å². The van der Waals surface area contributed by atoms with E-state index in [9.17, 15) is 0 Å². The predicted molar refractivity (Wildman–Crippen MR) is 78.4 cm³/mol. The van der Waals surface area contributed by atoms with Gasteiger partial charge in [0.25, 0.3) is 0 Å². The highest BCUT2D eigenvalue weighted by molar-refractivity contribution is 4.83. The Labute approximate surface area is 109 Å². The minimum Gasteiger partial charge on any atom is -0.299 e. The van der Waals surface area contributed by atoms with Gasteiger partial charge >= 0.3 is 0 Å². The lowest BCUT2D eigenvalue weighted by atomic mass is 9.98. The zero-order valence-electron chi connectivity index (χ0n) is 12.6. The fraction of sp³-hybridized carbons (Fsp3) is 1.00. The van der Waals surface area contributed by atoms with E-state index in [1.54, 1.807) is 0 Å². The molecular weight excluding hydrogens is 208 g/mol. The molecule has 0 aliphatic rings. The molecule has 104 valence electrons. The largest absolute Gasteiger partial charge is 0.299 e. The SMILES string of the molecule is CCCCNC(CC)(CCCC)NCCCC. The summed E-state index contributed by atoms with van der Waals surface area (Å²) in [6.45, 7) is 11.4. The number of nitrogens with one attached hydrogen (secondary N) is 2. The van der Waals surface area contributed by atoms with Gasteiger partial charge in [0.1, 0.15) is 0 Å². The van der Waals surface area contributed by atoms with Gasteiger partial charge < -0.3 is 0 Å². The highest BCUT2D eigenvalue weighted by Gasteiger charge is 2.25. The molecule has 0 rings (SSSR count). The van der Waals surface area contributed by atoms with E-state index in [4.69, 9.17) is 0 Å². The third-order valence-corrected chi connectivity index (χ3v) is 3.55. The van der Waals surface area contributed by atoms with Crippen molar-refractivity contribution in [3.05, 3.63) is 0 Å². The third-order valence-electron chi connectivity index (χ3n) is 3.55. The quantitative estimate of drug-likeness (QED) is 0.398. The summed E-state index contributed by atoms with van der Waals surface area (Å²) in [5, 5.41) is 7.53. The lowest BCUT2D eigenvalue weighted by Crippen LogP contribution is -2.57. The van der Waals surface area contributed by atoms with Crippen LogP contribution in [0.4, 0.5) is 0 Å². The predicted octanol–water partition coefficient (Wildman–Crippen LogP) is 4.06. The summed E-state index contributed by atoms with van der Waals surface area (Å²) >= 11 is 0. The van der Waals surface area contributed by atoms with Crippen molar-refractivity contribution in [1.82, 2.24) is 10.6 Å². The molecule has 0 heterocycles. The average molecular weight is 242 g/mol. The zero-order chi connectivity index (χ0) is 13.0. The summed E-state index contributed by atoms with van der Waals surface area (Å²) < 4.78 is 0. The van der Waals surface area contributed by atoms with Crippen LogP contribution in [0.2, 0.25) is 0 Å². The molecule has 0 saturated heterocycles. The molecule has 0 radical (unpaired) electrons. The molecule has 0 aromatic heterocycles. The molecule has 0 spiro atoms. The van der Waals surface area contributed by atoms with Crippen LogP contribution in [0.15, 0.2) is 0 Å². The van der Waals surface area contributed by atoms with Gasteiger partial charge in [0.05, 0.1) is 5.66 Å². The first kappa shape index (κ1) is 16.9. The van der Waals surface area contributed by atoms with Crippen LogP contribution in [0.25, 0.3) is 0 Å². The van der Waals surface area contributed by atoms with Crippen molar-refractivity contribution in [2.45, 2.75) is 84.7 Å². The van der Waals surface area contributed by atoms with E-state index >= 15 is 0 Å². The summed E-state index contributed by atoms with van der Waals surface area (Å²) in [5.41, 5.74) is 0.195. The minimum atomic E-state index is 0.195. The molecule has 0 amide bonds.